The Balaban J connectivity index is 1.99. The molecule has 2 amide bonds. The largest absolute Gasteiger partial charge is 0.341 e. The summed E-state index contributed by atoms with van der Waals surface area (Å²) in [6, 6.07) is 5.93. The van der Waals surface area contributed by atoms with E-state index in [0.29, 0.717) is 48.1 Å². The summed E-state index contributed by atoms with van der Waals surface area (Å²) in [5.41, 5.74) is 0.638. The lowest BCUT2D eigenvalue weighted by Gasteiger charge is -2.40. The second-order valence-electron chi connectivity index (χ2n) is 7.55. The van der Waals surface area contributed by atoms with Crippen molar-refractivity contribution in [3.05, 3.63) is 41.3 Å². The van der Waals surface area contributed by atoms with Crippen LogP contribution in [0.5, 0.6) is 0 Å². The van der Waals surface area contributed by atoms with Crippen LogP contribution in [0.1, 0.15) is 62.0 Å². The summed E-state index contributed by atoms with van der Waals surface area (Å²) >= 11 is 0. The summed E-state index contributed by atoms with van der Waals surface area (Å²) in [5, 5.41) is 3.67. The van der Waals surface area contributed by atoms with Crippen LogP contribution < -0.4 is 5.32 Å². The van der Waals surface area contributed by atoms with Gasteiger partial charge in [0, 0.05) is 30.2 Å². The van der Waals surface area contributed by atoms with E-state index in [1.807, 2.05) is 13.8 Å². The molecule has 0 unspecified atom stereocenters. The van der Waals surface area contributed by atoms with E-state index in [9.17, 15) is 14.0 Å². The van der Waals surface area contributed by atoms with Crippen molar-refractivity contribution in [1.29, 1.82) is 0 Å². The molecule has 0 atom stereocenters. The molecule has 1 aliphatic rings. The number of fused-ring (bicyclic) bond motifs is 1. The molecule has 1 aromatic heterocycles. The smallest absolute Gasteiger partial charge is 0.252 e. The van der Waals surface area contributed by atoms with Gasteiger partial charge in [-0.2, -0.15) is 0 Å². The maximum Gasteiger partial charge on any atom is 0.252 e. The molecular formula is C22H28FN3O2. The number of aryl methyl sites for hydroxylation is 1. The number of carbonyl (C=O) groups is 2. The maximum atomic E-state index is 13.6. The molecule has 0 saturated heterocycles. The van der Waals surface area contributed by atoms with E-state index in [0.717, 1.165) is 19.3 Å². The van der Waals surface area contributed by atoms with Gasteiger partial charge in [-0.15, -0.1) is 0 Å². The van der Waals surface area contributed by atoms with Crippen molar-refractivity contribution in [3.63, 3.8) is 0 Å². The van der Waals surface area contributed by atoms with E-state index in [1.165, 1.54) is 12.1 Å². The van der Waals surface area contributed by atoms with Crippen LogP contribution in [0.2, 0.25) is 0 Å². The topological polar surface area (TPSA) is 62.3 Å². The Labute approximate surface area is 165 Å². The van der Waals surface area contributed by atoms with Gasteiger partial charge in [0.1, 0.15) is 11.4 Å². The second-order valence-corrected chi connectivity index (χ2v) is 7.55. The second kappa shape index (κ2) is 8.25. The third-order valence-electron chi connectivity index (χ3n) is 5.66. The lowest BCUT2D eigenvalue weighted by molar-refractivity contribution is -0.139. The van der Waals surface area contributed by atoms with E-state index >= 15 is 0 Å². The van der Waals surface area contributed by atoms with Gasteiger partial charge in [-0.3, -0.25) is 14.6 Å². The molecule has 1 fully saturated rings. The average molecular weight is 385 g/mol. The molecule has 5 nitrogen and oxygen atoms in total. The zero-order valence-electron chi connectivity index (χ0n) is 16.8. The zero-order valence-corrected chi connectivity index (χ0v) is 16.8. The Morgan fingerprint density at radius 1 is 1.14 bits per heavy atom. The van der Waals surface area contributed by atoms with Gasteiger partial charge in [0.05, 0.1) is 11.1 Å². The van der Waals surface area contributed by atoms with Crippen molar-refractivity contribution >= 4 is 22.7 Å². The van der Waals surface area contributed by atoms with Crippen molar-refractivity contribution in [3.8, 4) is 0 Å². The van der Waals surface area contributed by atoms with Crippen molar-refractivity contribution in [1.82, 2.24) is 15.2 Å². The van der Waals surface area contributed by atoms with E-state index in [-0.39, 0.29) is 11.8 Å². The number of halogens is 1. The van der Waals surface area contributed by atoms with Crippen molar-refractivity contribution < 1.29 is 14.0 Å². The highest BCUT2D eigenvalue weighted by atomic mass is 19.1. The number of hydrogen-bond donors (Lipinski definition) is 1. The minimum Gasteiger partial charge on any atom is -0.341 e. The highest BCUT2D eigenvalue weighted by Crippen LogP contribution is 2.31. The number of benzene rings is 1. The zero-order chi connectivity index (χ0) is 20.3. The van der Waals surface area contributed by atoms with Gasteiger partial charge in [-0.25, -0.2) is 4.39 Å². The monoisotopic (exact) mass is 385 g/mol. The van der Waals surface area contributed by atoms with Gasteiger partial charge in [0.25, 0.3) is 5.91 Å². The molecule has 1 aromatic carbocycles. The molecule has 1 N–H and O–H groups in total. The highest BCUT2D eigenvalue weighted by molar-refractivity contribution is 6.08. The minimum atomic E-state index is -0.870. The SMILES string of the molecule is CCN(CC)C(=O)C1(NC(=O)c2cc(C)nc3cc(F)ccc23)CCCCC1. The fraction of sp³-hybridized carbons (Fsp3) is 0.500. The number of pyridine rings is 1. The lowest BCUT2D eigenvalue weighted by Crippen LogP contribution is -2.60. The number of aromatic nitrogens is 1. The van der Waals surface area contributed by atoms with Crippen molar-refractivity contribution in [2.75, 3.05) is 13.1 Å². The Kier molecular flexibility index (Phi) is 5.96. The third kappa shape index (κ3) is 3.86. The van der Waals surface area contributed by atoms with Gasteiger partial charge in [0.15, 0.2) is 0 Å². The van der Waals surface area contributed by atoms with Crippen LogP contribution in [0, 0.1) is 12.7 Å². The van der Waals surface area contributed by atoms with E-state index < -0.39 is 11.4 Å². The first-order valence-electron chi connectivity index (χ1n) is 10.1. The number of hydrogen-bond acceptors (Lipinski definition) is 3. The minimum absolute atomic E-state index is 0.00771. The number of rotatable bonds is 5. The quantitative estimate of drug-likeness (QED) is 0.847. The lowest BCUT2D eigenvalue weighted by atomic mass is 9.80. The summed E-state index contributed by atoms with van der Waals surface area (Å²) in [5.74, 6) is -0.700. The van der Waals surface area contributed by atoms with Crippen LogP contribution in [0.4, 0.5) is 4.39 Å². The fourth-order valence-corrected chi connectivity index (χ4v) is 4.17. The molecule has 0 aliphatic heterocycles. The van der Waals surface area contributed by atoms with Gasteiger partial charge in [-0.05, 0) is 51.8 Å². The molecule has 3 rings (SSSR count). The van der Waals surface area contributed by atoms with Crippen molar-refractivity contribution in [2.45, 2.75) is 58.4 Å². The summed E-state index contributed by atoms with van der Waals surface area (Å²) in [6.07, 6.45) is 4.18. The number of nitrogens with zero attached hydrogens (tertiary/aromatic N) is 2. The van der Waals surface area contributed by atoms with E-state index in [1.54, 1.807) is 24.0 Å². The summed E-state index contributed by atoms with van der Waals surface area (Å²) in [6.45, 7) is 6.91. The number of nitrogens with one attached hydrogen (secondary N) is 1. The number of carbonyl (C=O) groups excluding carboxylic acids is 2. The molecule has 150 valence electrons. The Morgan fingerprint density at radius 2 is 1.82 bits per heavy atom. The van der Waals surface area contributed by atoms with Crippen LogP contribution >= 0.6 is 0 Å². The predicted molar refractivity (Wildman–Crippen MR) is 108 cm³/mol. The Hall–Kier alpha value is -2.50. The van der Waals surface area contributed by atoms with Gasteiger partial charge >= 0.3 is 0 Å². The van der Waals surface area contributed by atoms with Crippen LogP contribution in [-0.4, -0.2) is 40.3 Å². The molecule has 0 bridgehead atoms. The molecule has 1 heterocycles. The predicted octanol–water partition coefficient (Wildman–Crippen LogP) is 3.98. The number of amides is 2. The van der Waals surface area contributed by atoms with E-state index in [4.69, 9.17) is 0 Å². The first-order chi connectivity index (χ1) is 13.4. The summed E-state index contributed by atoms with van der Waals surface area (Å²) in [7, 11) is 0. The first-order valence-corrected chi connectivity index (χ1v) is 10.1. The molecule has 0 radical (unpaired) electrons. The fourth-order valence-electron chi connectivity index (χ4n) is 4.17. The highest BCUT2D eigenvalue weighted by Gasteiger charge is 2.43. The molecule has 6 heteroatoms. The summed E-state index contributed by atoms with van der Waals surface area (Å²) < 4.78 is 13.6. The third-order valence-corrected chi connectivity index (χ3v) is 5.66. The van der Waals surface area contributed by atoms with E-state index in [2.05, 4.69) is 10.3 Å². The van der Waals surface area contributed by atoms with Crippen LogP contribution in [-0.2, 0) is 4.79 Å². The molecule has 1 saturated carbocycles. The summed E-state index contributed by atoms with van der Waals surface area (Å²) in [4.78, 5) is 32.7. The van der Waals surface area contributed by atoms with Crippen LogP contribution in [0.3, 0.4) is 0 Å². The van der Waals surface area contributed by atoms with Gasteiger partial charge in [0.2, 0.25) is 5.91 Å². The Bertz CT molecular complexity index is 881. The molecule has 2 aromatic rings. The van der Waals surface area contributed by atoms with Crippen molar-refractivity contribution in [2.24, 2.45) is 0 Å². The molecule has 28 heavy (non-hydrogen) atoms. The standard InChI is InChI=1S/C22H28FN3O2/c1-4-26(5-2)21(28)22(11-7-6-8-12-22)25-20(27)18-13-15(3)24-19-14-16(23)9-10-17(18)19/h9-10,13-14H,4-8,11-12H2,1-3H3,(H,25,27). The average Bonchev–Trinajstić information content (AvgIpc) is 2.68. The molecule has 1 aliphatic carbocycles. The first kappa shape index (κ1) is 20.2. The molecular weight excluding hydrogens is 357 g/mol. The number of likely N-dealkylation sites (N-methyl/N-ethyl adjacent to an activating group) is 1. The van der Waals surface area contributed by atoms with Crippen LogP contribution in [0.25, 0.3) is 10.9 Å². The Morgan fingerprint density at radius 3 is 2.46 bits per heavy atom. The van der Waals surface area contributed by atoms with Crippen LogP contribution in [0.15, 0.2) is 24.3 Å². The van der Waals surface area contributed by atoms with Gasteiger partial charge in [-0.1, -0.05) is 19.3 Å². The maximum absolute atomic E-state index is 13.6. The molecule has 0 spiro atoms. The van der Waals surface area contributed by atoms with Gasteiger partial charge < -0.3 is 10.2 Å². The normalized spacial score (nSPS) is 16.0.